The topological polar surface area (TPSA) is 89.8 Å². The first-order chi connectivity index (χ1) is 14.2. The Kier molecular flexibility index (Phi) is 7.02. The van der Waals surface area contributed by atoms with E-state index in [2.05, 4.69) is 10.6 Å². The van der Waals surface area contributed by atoms with Crippen LogP contribution in [0, 0.1) is 0 Å². The van der Waals surface area contributed by atoms with Gasteiger partial charge >= 0.3 is 0 Å². The van der Waals surface area contributed by atoms with Gasteiger partial charge in [0.15, 0.2) is 5.76 Å². The molecule has 1 heterocycles. The Balaban J connectivity index is 1.66. The normalized spacial score (nSPS) is 10.4. The summed E-state index contributed by atoms with van der Waals surface area (Å²) in [6.45, 7) is 3.32. The monoisotopic (exact) mass is 394 g/mol. The summed E-state index contributed by atoms with van der Waals surface area (Å²) in [5, 5.41) is 5.55. The van der Waals surface area contributed by atoms with Gasteiger partial charge in [0.25, 0.3) is 11.8 Å². The standard InChI is InChI=1S/C22H22N2O5/c1-2-27-13-14-29-19-10-4-3-9-18(19)21(25)23-16-7-5-8-17(15-16)24-22(26)20-11-6-12-28-20/h3-12,15H,2,13-14H2,1H3,(H,23,25)(H,24,26). The summed E-state index contributed by atoms with van der Waals surface area (Å²) in [7, 11) is 0. The first kappa shape index (κ1) is 20.2. The first-order valence-electron chi connectivity index (χ1n) is 9.23. The minimum atomic E-state index is -0.369. The molecular weight excluding hydrogens is 372 g/mol. The molecule has 0 atom stereocenters. The lowest BCUT2D eigenvalue weighted by Gasteiger charge is -2.12. The number of rotatable bonds is 9. The number of carbonyl (C=O) groups excluding carboxylic acids is 2. The van der Waals surface area contributed by atoms with Crippen molar-refractivity contribution in [3.05, 3.63) is 78.3 Å². The van der Waals surface area contributed by atoms with Crippen molar-refractivity contribution < 1.29 is 23.5 Å². The smallest absolute Gasteiger partial charge is 0.291 e. The van der Waals surface area contributed by atoms with Crippen molar-refractivity contribution in [1.82, 2.24) is 0 Å². The molecule has 7 heteroatoms. The third kappa shape index (κ3) is 5.70. The van der Waals surface area contributed by atoms with E-state index in [1.807, 2.05) is 6.92 Å². The van der Waals surface area contributed by atoms with E-state index in [0.717, 1.165) is 0 Å². The number of ether oxygens (including phenoxy) is 2. The van der Waals surface area contributed by atoms with Crippen LogP contribution in [0.25, 0.3) is 0 Å². The van der Waals surface area contributed by atoms with E-state index in [1.54, 1.807) is 60.7 Å². The average molecular weight is 394 g/mol. The predicted molar refractivity (Wildman–Crippen MR) is 109 cm³/mol. The molecule has 0 aliphatic rings. The van der Waals surface area contributed by atoms with Gasteiger partial charge in [0.05, 0.1) is 18.4 Å². The lowest BCUT2D eigenvalue weighted by Crippen LogP contribution is -2.15. The molecule has 150 valence electrons. The molecule has 0 radical (unpaired) electrons. The van der Waals surface area contributed by atoms with Gasteiger partial charge in [-0.1, -0.05) is 18.2 Å². The van der Waals surface area contributed by atoms with Gasteiger partial charge in [-0.3, -0.25) is 9.59 Å². The van der Waals surface area contributed by atoms with Gasteiger partial charge < -0.3 is 24.5 Å². The van der Waals surface area contributed by atoms with Crippen LogP contribution in [0.4, 0.5) is 11.4 Å². The van der Waals surface area contributed by atoms with Crippen LogP contribution in [0.1, 0.15) is 27.8 Å². The number of hydrogen-bond donors (Lipinski definition) is 2. The molecule has 0 aliphatic heterocycles. The van der Waals surface area contributed by atoms with E-state index in [1.165, 1.54) is 6.26 Å². The van der Waals surface area contributed by atoms with Crippen molar-refractivity contribution in [2.45, 2.75) is 6.92 Å². The Bertz CT molecular complexity index is 953. The molecule has 0 spiro atoms. The first-order valence-corrected chi connectivity index (χ1v) is 9.23. The lowest BCUT2D eigenvalue weighted by atomic mass is 10.1. The van der Waals surface area contributed by atoms with Gasteiger partial charge in [0.2, 0.25) is 0 Å². The molecule has 3 aromatic rings. The van der Waals surface area contributed by atoms with E-state index >= 15 is 0 Å². The zero-order valence-electron chi connectivity index (χ0n) is 16.0. The minimum Gasteiger partial charge on any atom is -0.490 e. The molecule has 2 aromatic carbocycles. The van der Waals surface area contributed by atoms with Crippen LogP contribution in [0.3, 0.4) is 0 Å². The Labute approximate surface area is 168 Å². The Morgan fingerprint density at radius 3 is 2.38 bits per heavy atom. The molecule has 1 aromatic heterocycles. The summed E-state index contributed by atoms with van der Waals surface area (Å²) in [5.41, 5.74) is 1.48. The van der Waals surface area contributed by atoms with Crippen molar-refractivity contribution >= 4 is 23.2 Å². The van der Waals surface area contributed by atoms with Gasteiger partial charge in [0.1, 0.15) is 12.4 Å². The molecule has 3 rings (SSSR count). The highest BCUT2D eigenvalue weighted by atomic mass is 16.5. The minimum absolute atomic E-state index is 0.206. The zero-order valence-corrected chi connectivity index (χ0v) is 16.0. The number of nitrogens with one attached hydrogen (secondary N) is 2. The van der Waals surface area contributed by atoms with Crippen LogP contribution in [0.2, 0.25) is 0 Å². The number of anilines is 2. The third-order valence-corrected chi connectivity index (χ3v) is 3.94. The van der Waals surface area contributed by atoms with Crippen molar-refractivity contribution in [3.8, 4) is 5.75 Å². The van der Waals surface area contributed by atoms with E-state index < -0.39 is 0 Å². The summed E-state index contributed by atoms with van der Waals surface area (Å²) in [5.74, 6) is 0.00240. The molecule has 7 nitrogen and oxygen atoms in total. The van der Waals surface area contributed by atoms with Gasteiger partial charge in [-0.25, -0.2) is 0 Å². The predicted octanol–water partition coefficient (Wildman–Crippen LogP) is 4.20. The molecule has 0 saturated carbocycles. The lowest BCUT2D eigenvalue weighted by molar-refractivity contribution is 0.0991. The Hall–Kier alpha value is -3.58. The van der Waals surface area contributed by atoms with Gasteiger partial charge in [-0.15, -0.1) is 0 Å². The molecule has 2 N–H and O–H groups in total. The highest BCUT2D eigenvalue weighted by Gasteiger charge is 2.13. The van der Waals surface area contributed by atoms with E-state index in [9.17, 15) is 9.59 Å². The maximum Gasteiger partial charge on any atom is 0.291 e. The Morgan fingerprint density at radius 1 is 0.897 bits per heavy atom. The molecule has 0 bridgehead atoms. The van der Waals surface area contributed by atoms with Crippen LogP contribution in [-0.2, 0) is 4.74 Å². The second-order valence-electron chi connectivity index (χ2n) is 6.01. The largest absolute Gasteiger partial charge is 0.490 e. The maximum atomic E-state index is 12.7. The van der Waals surface area contributed by atoms with Crippen molar-refractivity contribution in [3.63, 3.8) is 0 Å². The van der Waals surface area contributed by atoms with Gasteiger partial charge in [-0.2, -0.15) is 0 Å². The van der Waals surface area contributed by atoms with Crippen LogP contribution in [0.5, 0.6) is 5.75 Å². The molecule has 2 amide bonds. The summed E-state index contributed by atoms with van der Waals surface area (Å²) < 4.78 is 16.0. The van der Waals surface area contributed by atoms with Gasteiger partial charge in [-0.05, 0) is 49.4 Å². The number of benzene rings is 2. The number of hydrogen-bond acceptors (Lipinski definition) is 5. The molecule has 0 aliphatic carbocycles. The number of amides is 2. The quantitative estimate of drug-likeness (QED) is 0.531. The van der Waals surface area contributed by atoms with Crippen LogP contribution < -0.4 is 15.4 Å². The number of carbonyl (C=O) groups is 2. The van der Waals surface area contributed by atoms with E-state index in [4.69, 9.17) is 13.9 Å². The summed E-state index contributed by atoms with van der Waals surface area (Å²) in [6, 6.07) is 17.1. The third-order valence-electron chi connectivity index (χ3n) is 3.94. The molecular formula is C22H22N2O5. The fourth-order valence-corrected chi connectivity index (χ4v) is 2.61. The molecule has 0 unspecified atom stereocenters. The second-order valence-corrected chi connectivity index (χ2v) is 6.01. The summed E-state index contributed by atoms with van der Waals surface area (Å²) in [6.07, 6.45) is 1.43. The Morgan fingerprint density at radius 2 is 1.66 bits per heavy atom. The summed E-state index contributed by atoms with van der Waals surface area (Å²) >= 11 is 0. The van der Waals surface area contributed by atoms with Crippen molar-refractivity contribution in [1.29, 1.82) is 0 Å². The van der Waals surface area contributed by atoms with E-state index in [-0.39, 0.29) is 17.6 Å². The second kappa shape index (κ2) is 10.1. The maximum absolute atomic E-state index is 12.7. The highest BCUT2D eigenvalue weighted by molar-refractivity contribution is 6.07. The fraction of sp³-hybridized carbons (Fsp3) is 0.182. The average Bonchev–Trinajstić information content (AvgIpc) is 3.27. The fourth-order valence-electron chi connectivity index (χ4n) is 2.61. The van der Waals surface area contributed by atoms with Crippen LogP contribution in [-0.4, -0.2) is 31.6 Å². The molecule has 0 saturated heterocycles. The van der Waals surface area contributed by atoms with Crippen LogP contribution in [0.15, 0.2) is 71.3 Å². The number of para-hydroxylation sites is 1. The van der Waals surface area contributed by atoms with Crippen LogP contribution >= 0.6 is 0 Å². The van der Waals surface area contributed by atoms with Crippen molar-refractivity contribution in [2.24, 2.45) is 0 Å². The SMILES string of the molecule is CCOCCOc1ccccc1C(=O)Nc1cccc(NC(=O)c2ccco2)c1. The van der Waals surface area contributed by atoms with Crippen molar-refractivity contribution in [2.75, 3.05) is 30.5 Å². The summed E-state index contributed by atoms with van der Waals surface area (Å²) in [4.78, 5) is 24.8. The van der Waals surface area contributed by atoms with Gasteiger partial charge in [0, 0.05) is 18.0 Å². The molecule has 29 heavy (non-hydrogen) atoms. The number of furan rings is 1. The zero-order chi connectivity index (χ0) is 20.5. The highest BCUT2D eigenvalue weighted by Crippen LogP contribution is 2.21. The molecule has 0 fully saturated rings. The van der Waals surface area contributed by atoms with E-state index in [0.29, 0.717) is 42.5 Å².